The maximum absolute atomic E-state index is 12.4. The molecular formula is C27H29N3O3. The van der Waals surface area contributed by atoms with Crippen molar-refractivity contribution in [3.63, 3.8) is 0 Å². The lowest BCUT2D eigenvalue weighted by molar-refractivity contribution is -0.0110. The zero-order valence-electron chi connectivity index (χ0n) is 19.1. The summed E-state index contributed by atoms with van der Waals surface area (Å²) >= 11 is 0. The summed E-state index contributed by atoms with van der Waals surface area (Å²) in [6.45, 7) is 5.38. The van der Waals surface area contributed by atoms with Crippen LogP contribution in [0.1, 0.15) is 39.2 Å². The Morgan fingerprint density at radius 2 is 1.94 bits per heavy atom. The van der Waals surface area contributed by atoms with E-state index in [1.165, 1.54) is 6.42 Å². The molecule has 0 aliphatic carbocycles. The fraction of sp³-hybridized carbons (Fsp3) is 0.333. The molecule has 1 atom stereocenters. The third kappa shape index (κ3) is 4.44. The summed E-state index contributed by atoms with van der Waals surface area (Å²) in [4.78, 5) is 12.4. The zero-order valence-corrected chi connectivity index (χ0v) is 19.1. The normalized spacial score (nSPS) is 16.4. The van der Waals surface area contributed by atoms with Crippen LogP contribution in [0.2, 0.25) is 0 Å². The van der Waals surface area contributed by atoms with Gasteiger partial charge in [-0.1, -0.05) is 30.3 Å². The van der Waals surface area contributed by atoms with E-state index in [0.29, 0.717) is 6.61 Å². The molecule has 1 aliphatic heterocycles. The van der Waals surface area contributed by atoms with Crippen molar-refractivity contribution < 1.29 is 9.47 Å². The van der Waals surface area contributed by atoms with Gasteiger partial charge in [0.1, 0.15) is 18.1 Å². The SMILES string of the molecule is CC(C)n1cc(-c2c(-c3ccccc3)nn3ccc(OCC4CCCCO4)cc23)ccc1=O. The quantitative estimate of drug-likeness (QED) is 0.403. The number of aromatic nitrogens is 3. The van der Waals surface area contributed by atoms with Crippen molar-refractivity contribution >= 4 is 5.52 Å². The van der Waals surface area contributed by atoms with Crippen LogP contribution in [0.4, 0.5) is 0 Å². The Hall–Kier alpha value is -3.38. The van der Waals surface area contributed by atoms with Crippen molar-refractivity contribution in [2.24, 2.45) is 0 Å². The third-order valence-corrected chi connectivity index (χ3v) is 6.15. The number of rotatable bonds is 6. The first-order chi connectivity index (χ1) is 16.1. The maximum atomic E-state index is 12.4. The minimum absolute atomic E-state index is 0.0111. The monoisotopic (exact) mass is 443 g/mol. The molecule has 0 saturated carbocycles. The molecule has 1 aliphatic rings. The molecule has 1 unspecified atom stereocenters. The van der Waals surface area contributed by atoms with E-state index in [1.54, 1.807) is 10.6 Å². The third-order valence-electron chi connectivity index (χ3n) is 6.15. The Balaban J connectivity index is 1.61. The number of nitrogens with zero attached hydrogens (tertiary/aromatic N) is 3. The fourth-order valence-corrected chi connectivity index (χ4v) is 4.38. The van der Waals surface area contributed by atoms with Crippen LogP contribution in [-0.4, -0.2) is 33.5 Å². The van der Waals surface area contributed by atoms with E-state index in [-0.39, 0.29) is 17.7 Å². The molecular weight excluding hydrogens is 414 g/mol. The maximum Gasteiger partial charge on any atom is 0.250 e. The molecule has 33 heavy (non-hydrogen) atoms. The summed E-state index contributed by atoms with van der Waals surface area (Å²) in [5, 5.41) is 4.90. The molecule has 0 spiro atoms. The topological polar surface area (TPSA) is 57.8 Å². The molecule has 0 N–H and O–H groups in total. The average molecular weight is 444 g/mol. The van der Waals surface area contributed by atoms with Crippen molar-refractivity contribution in [1.82, 2.24) is 14.2 Å². The lowest BCUT2D eigenvalue weighted by Gasteiger charge is -2.22. The highest BCUT2D eigenvalue weighted by atomic mass is 16.5. The van der Waals surface area contributed by atoms with Gasteiger partial charge in [-0.05, 0) is 45.2 Å². The smallest absolute Gasteiger partial charge is 0.250 e. The first-order valence-corrected chi connectivity index (χ1v) is 11.6. The van der Waals surface area contributed by atoms with Gasteiger partial charge in [-0.15, -0.1) is 0 Å². The van der Waals surface area contributed by atoms with Gasteiger partial charge in [0.25, 0.3) is 5.56 Å². The van der Waals surface area contributed by atoms with E-state index in [9.17, 15) is 4.79 Å². The van der Waals surface area contributed by atoms with Crippen molar-refractivity contribution in [3.05, 3.63) is 77.3 Å². The van der Waals surface area contributed by atoms with Gasteiger partial charge in [0.15, 0.2) is 0 Å². The Morgan fingerprint density at radius 3 is 2.70 bits per heavy atom. The van der Waals surface area contributed by atoms with Gasteiger partial charge >= 0.3 is 0 Å². The molecule has 0 radical (unpaired) electrons. The lowest BCUT2D eigenvalue weighted by atomic mass is 10.0. The van der Waals surface area contributed by atoms with Crippen LogP contribution in [-0.2, 0) is 4.74 Å². The van der Waals surface area contributed by atoms with Gasteiger partial charge in [0, 0.05) is 53.9 Å². The van der Waals surface area contributed by atoms with E-state index < -0.39 is 0 Å². The van der Waals surface area contributed by atoms with Crippen molar-refractivity contribution in [2.75, 3.05) is 13.2 Å². The van der Waals surface area contributed by atoms with Crippen LogP contribution in [0.3, 0.4) is 0 Å². The minimum Gasteiger partial charge on any atom is -0.491 e. The summed E-state index contributed by atoms with van der Waals surface area (Å²) in [6.07, 6.45) is 7.36. The van der Waals surface area contributed by atoms with Crippen LogP contribution in [0.5, 0.6) is 5.75 Å². The molecule has 4 heterocycles. The molecule has 170 valence electrons. The second-order valence-electron chi connectivity index (χ2n) is 8.84. The van der Waals surface area contributed by atoms with Crippen LogP contribution in [0.25, 0.3) is 27.9 Å². The van der Waals surface area contributed by atoms with Gasteiger partial charge in [-0.25, -0.2) is 4.52 Å². The van der Waals surface area contributed by atoms with E-state index in [4.69, 9.17) is 14.6 Å². The Kier molecular flexibility index (Phi) is 6.01. The van der Waals surface area contributed by atoms with Gasteiger partial charge < -0.3 is 14.0 Å². The predicted octanol–water partition coefficient (Wildman–Crippen LogP) is 5.36. The molecule has 5 rings (SSSR count). The van der Waals surface area contributed by atoms with E-state index in [1.807, 2.05) is 67.2 Å². The molecule has 0 amide bonds. The first-order valence-electron chi connectivity index (χ1n) is 11.6. The molecule has 1 aromatic carbocycles. The second-order valence-corrected chi connectivity index (χ2v) is 8.84. The number of pyridine rings is 2. The predicted molar refractivity (Wildman–Crippen MR) is 130 cm³/mol. The highest BCUT2D eigenvalue weighted by Crippen LogP contribution is 2.36. The van der Waals surface area contributed by atoms with Gasteiger partial charge in [-0.2, -0.15) is 5.10 Å². The van der Waals surface area contributed by atoms with Crippen LogP contribution in [0, 0.1) is 0 Å². The van der Waals surface area contributed by atoms with Crippen molar-refractivity contribution in [2.45, 2.75) is 45.3 Å². The minimum atomic E-state index is -0.0111. The summed E-state index contributed by atoms with van der Waals surface area (Å²) in [5.74, 6) is 0.787. The standard InChI is InChI=1S/C27H29N3O3/c1-19(2)29-17-21(11-12-25(29)31)26-24-16-22(33-18-23-10-6-7-15-32-23)13-14-30(24)28-27(26)20-8-4-3-5-9-20/h3-5,8-9,11-14,16-17,19,23H,6-7,10,15,18H2,1-2H3. The molecule has 6 heteroatoms. The summed E-state index contributed by atoms with van der Waals surface area (Å²) in [6, 6.07) is 17.7. The molecule has 4 aromatic rings. The Morgan fingerprint density at radius 1 is 1.09 bits per heavy atom. The van der Waals surface area contributed by atoms with Crippen LogP contribution >= 0.6 is 0 Å². The Bertz CT molecular complexity index is 1300. The second kappa shape index (κ2) is 9.24. The number of ether oxygens (including phenoxy) is 2. The van der Waals surface area contributed by atoms with E-state index in [2.05, 4.69) is 12.1 Å². The van der Waals surface area contributed by atoms with Crippen LogP contribution in [0.15, 0.2) is 71.8 Å². The van der Waals surface area contributed by atoms with Gasteiger partial charge in [0.2, 0.25) is 0 Å². The highest BCUT2D eigenvalue weighted by molar-refractivity contribution is 5.92. The average Bonchev–Trinajstić information content (AvgIpc) is 3.23. The van der Waals surface area contributed by atoms with Crippen molar-refractivity contribution in [1.29, 1.82) is 0 Å². The molecule has 3 aromatic heterocycles. The summed E-state index contributed by atoms with van der Waals surface area (Å²) in [7, 11) is 0. The molecule has 1 fully saturated rings. The molecule has 0 bridgehead atoms. The largest absolute Gasteiger partial charge is 0.491 e. The number of benzene rings is 1. The first kappa shape index (κ1) is 21.5. The highest BCUT2D eigenvalue weighted by Gasteiger charge is 2.19. The molecule has 1 saturated heterocycles. The van der Waals surface area contributed by atoms with Gasteiger partial charge in [-0.3, -0.25) is 4.79 Å². The number of hydrogen-bond acceptors (Lipinski definition) is 4. The molecule has 6 nitrogen and oxygen atoms in total. The summed E-state index contributed by atoms with van der Waals surface area (Å²) in [5.41, 5.74) is 4.75. The fourth-order valence-electron chi connectivity index (χ4n) is 4.38. The van der Waals surface area contributed by atoms with E-state index >= 15 is 0 Å². The Labute approximate surface area is 193 Å². The number of hydrogen-bond donors (Lipinski definition) is 0. The summed E-state index contributed by atoms with van der Waals surface area (Å²) < 4.78 is 15.6. The van der Waals surface area contributed by atoms with Crippen LogP contribution < -0.4 is 10.3 Å². The van der Waals surface area contributed by atoms with Gasteiger partial charge in [0.05, 0.1) is 11.6 Å². The lowest BCUT2D eigenvalue weighted by Crippen LogP contribution is -2.25. The van der Waals surface area contributed by atoms with Crippen molar-refractivity contribution in [3.8, 4) is 28.1 Å². The zero-order chi connectivity index (χ0) is 22.8. The van der Waals surface area contributed by atoms with E-state index in [0.717, 1.165) is 53.1 Å². The number of fused-ring (bicyclic) bond motifs is 1.